The first-order valence-corrected chi connectivity index (χ1v) is 7.01. The molecule has 17 heavy (non-hydrogen) atoms. The highest BCUT2D eigenvalue weighted by atomic mass is 15.2. The lowest BCUT2D eigenvalue weighted by molar-refractivity contribution is 0.137. The average Bonchev–Trinajstić information content (AvgIpc) is 3.07. The Hall–Kier alpha value is -0.770. The zero-order chi connectivity index (χ0) is 11.8. The molecule has 0 amide bonds. The molecule has 0 radical (unpaired) electrons. The molecule has 3 N–H and O–H groups in total. The summed E-state index contributed by atoms with van der Waals surface area (Å²) in [5, 5.41) is 3.26. The summed E-state index contributed by atoms with van der Waals surface area (Å²) in [5.41, 5.74) is 5.87. The second-order valence-corrected chi connectivity index (χ2v) is 6.03. The number of rotatable bonds is 3. The monoisotopic (exact) mass is 236 g/mol. The van der Waals surface area contributed by atoms with Gasteiger partial charge in [-0.3, -0.25) is 4.99 Å². The number of nitrogens with one attached hydrogen (secondary N) is 1. The summed E-state index contributed by atoms with van der Waals surface area (Å²) in [5.74, 6) is 1.42. The van der Waals surface area contributed by atoms with Gasteiger partial charge in [-0.1, -0.05) is 0 Å². The normalized spacial score (nSPS) is 38.4. The molecule has 3 rings (SSSR count). The zero-order valence-corrected chi connectivity index (χ0v) is 10.7. The van der Waals surface area contributed by atoms with Crippen molar-refractivity contribution in [2.75, 3.05) is 13.6 Å². The Morgan fingerprint density at radius 2 is 1.88 bits per heavy atom. The van der Waals surface area contributed by atoms with Crippen LogP contribution in [0.25, 0.3) is 0 Å². The van der Waals surface area contributed by atoms with Gasteiger partial charge in [0.2, 0.25) is 0 Å². The molecule has 96 valence electrons. The van der Waals surface area contributed by atoms with Gasteiger partial charge in [0.15, 0.2) is 5.96 Å². The predicted molar refractivity (Wildman–Crippen MR) is 69.9 cm³/mol. The number of guanidine groups is 1. The maximum Gasteiger partial charge on any atom is 0.188 e. The van der Waals surface area contributed by atoms with E-state index >= 15 is 0 Å². The average molecular weight is 236 g/mol. The second-order valence-electron chi connectivity index (χ2n) is 6.03. The van der Waals surface area contributed by atoms with Gasteiger partial charge in [0.1, 0.15) is 0 Å². The van der Waals surface area contributed by atoms with Gasteiger partial charge >= 0.3 is 0 Å². The first-order chi connectivity index (χ1) is 8.22. The summed E-state index contributed by atoms with van der Waals surface area (Å²) in [6.45, 7) is 0.923. The van der Waals surface area contributed by atoms with Crippen LogP contribution in [0.3, 0.4) is 0 Å². The first-order valence-electron chi connectivity index (χ1n) is 7.01. The molecule has 2 saturated heterocycles. The van der Waals surface area contributed by atoms with Crippen molar-refractivity contribution in [2.24, 2.45) is 16.6 Å². The molecule has 3 aliphatic rings. The lowest BCUT2D eigenvalue weighted by atomic mass is 9.91. The molecule has 2 bridgehead atoms. The molecule has 0 aromatic rings. The van der Waals surface area contributed by atoms with Crippen molar-refractivity contribution in [1.29, 1.82) is 0 Å². The van der Waals surface area contributed by atoms with E-state index in [0.717, 1.165) is 24.5 Å². The Morgan fingerprint density at radius 1 is 1.24 bits per heavy atom. The molecular formula is C13H24N4. The highest BCUT2D eigenvalue weighted by Crippen LogP contribution is 2.37. The number of hydrogen-bond donors (Lipinski definition) is 2. The van der Waals surface area contributed by atoms with Crippen molar-refractivity contribution in [3.63, 3.8) is 0 Å². The van der Waals surface area contributed by atoms with Gasteiger partial charge in [-0.05, 0) is 51.5 Å². The smallest absolute Gasteiger partial charge is 0.188 e. The molecule has 0 spiro atoms. The van der Waals surface area contributed by atoms with Crippen LogP contribution in [0.15, 0.2) is 4.99 Å². The molecule has 0 aromatic carbocycles. The van der Waals surface area contributed by atoms with E-state index in [2.05, 4.69) is 22.3 Å². The second kappa shape index (κ2) is 4.48. The van der Waals surface area contributed by atoms with Gasteiger partial charge in [-0.2, -0.15) is 0 Å². The van der Waals surface area contributed by atoms with E-state index < -0.39 is 0 Å². The third-order valence-corrected chi connectivity index (χ3v) is 4.65. The summed E-state index contributed by atoms with van der Waals surface area (Å²) < 4.78 is 0. The third kappa shape index (κ3) is 2.57. The van der Waals surface area contributed by atoms with Crippen LogP contribution in [0, 0.1) is 5.92 Å². The van der Waals surface area contributed by atoms with E-state index in [0.29, 0.717) is 12.0 Å². The van der Waals surface area contributed by atoms with Crippen LogP contribution in [-0.4, -0.2) is 42.6 Å². The maximum atomic E-state index is 5.87. The molecule has 4 heteroatoms. The molecule has 1 aliphatic carbocycles. The molecule has 2 atom stereocenters. The standard InChI is InChI=1S/C13H24N4/c1-17-11-4-5-12(17)7-9(6-11)8-15-13(14)16-10-2-3-10/h9-12H,2-8H2,1H3,(H3,14,15,16). The van der Waals surface area contributed by atoms with Crippen molar-refractivity contribution in [2.45, 2.75) is 56.7 Å². The van der Waals surface area contributed by atoms with Crippen LogP contribution in [0.2, 0.25) is 0 Å². The van der Waals surface area contributed by atoms with E-state index in [1.807, 2.05) is 0 Å². The van der Waals surface area contributed by atoms with E-state index in [1.54, 1.807) is 0 Å². The number of piperidine rings is 1. The van der Waals surface area contributed by atoms with Gasteiger partial charge in [0, 0.05) is 24.7 Å². The number of fused-ring (bicyclic) bond motifs is 2. The quantitative estimate of drug-likeness (QED) is 0.566. The van der Waals surface area contributed by atoms with E-state index in [9.17, 15) is 0 Å². The van der Waals surface area contributed by atoms with Crippen LogP contribution in [0.1, 0.15) is 38.5 Å². The van der Waals surface area contributed by atoms with Crippen molar-refractivity contribution < 1.29 is 0 Å². The highest BCUT2D eigenvalue weighted by Gasteiger charge is 2.38. The van der Waals surface area contributed by atoms with Crippen LogP contribution < -0.4 is 11.1 Å². The first kappa shape index (κ1) is 11.3. The van der Waals surface area contributed by atoms with E-state index in [-0.39, 0.29) is 0 Å². The Labute approximate surface area is 104 Å². The van der Waals surface area contributed by atoms with Gasteiger partial charge in [0.05, 0.1) is 0 Å². The number of aliphatic imine (C=N–C) groups is 1. The predicted octanol–water partition coefficient (Wildman–Crippen LogP) is 0.926. The molecular weight excluding hydrogens is 212 g/mol. The van der Waals surface area contributed by atoms with Crippen LogP contribution in [-0.2, 0) is 0 Å². The minimum atomic E-state index is 0.618. The molecule has 2 aliphatic heterocycles. The maximum absolute atomic E-state index is 5.87. The fraction of sp³-hybridized carbons (Fsp3) is 0.923. The largest absolute Gasteiger partial charge is 0.370 e. The fourth-order valence-electron chi connectivity index (χ4n) is 3.38. The Balaban J connectivity index is 1.49. The van der Waals surface area contributed by atoms with Crippen LogP contribution >= 0.6 is 0 Å². The lowest BCUT2D eigenvalue weighted by Crippen LogP contribution is -2.41. The van der Waals surface area contributed by atoms with Crippen LogP contribution in [0.5, 0.6) is 0 Å². The van der Waals surface area contributed by atoms with E-state index in [1.165, 1.54) is 38.5 Å². The molecule has 3 fully saturated rings. The van der Waals surface area contributed by atoms with Crippen LogP contribution in [0.4, 0.5) is 0 Å². The summed E-state index contributed by atoms with van der Waals surface area (Å²) in [6.07, 6.45) is 7.91. The summed E-state index contributed by atoms with van der Waals surface area (Å²) in [6, 6.07) is 2.24. The molecule has 4 nitrogen and oxygen atoms in total. The SMILES string of the molecule is CN1C2CCC1CC(CN=C(N)NC1CC1)C2. The van der Waals surface area contributed by atoms with Gasteiger partial charge in [0.25, 0.3) is 0 Å². The minimum Gasteiger partial charge on any atom is -0.370 e. The number of nitrogens with two attached hydrogens (primary N) is 1. The summed E-state index contributed by atoms with van der Waals surface area (Å²) in [7, 11) is 2.28. The third-order valence-electron chi connectivity index (χ3n) is 4.65. The minimum absolute atomic E-state index is 0.618. The topological polar surface area (TPSA) is 53.6 Å². The Kier molecular flexibility index (Phi) is 2.99. The Morgan fingerprint density at radius 3 is 2.47 bits per heavy atom. The van der Waals surface area contributed by atoms with Crippen molar-refractivity contribution in [3.05, 3.63) is 0 Å². The van der Waals surface area contributed by atoms with Gasteiger partial charge in [-0.25, -0.2) is 0 Å². The zero-order valence-electron chi connectivity index (χ0n) is 10.7. The molecule has 1 saturated carbocycles. The highest BCUT2D eigenvalue weighted by molar-refractivity contribution is 5.78. The molecule has 2 unspecified atom stereocenters. The number of nitrogens with zero attached hydrogens (tertiary/aromatic N) is 2. The molecule has 0 aromatic heterocycles. The van der Waals surface area contributed by atoms with Gasteiger partial charge < -0.3 is 16.0 Å². The summed E-state index contributed by atoms with van der Waals surface area (Å²) >= 11 is 0. The van der Waals surface area contributed by atoms with Crippen molar-refractivity contribution in [3.8, 4) is 0 Å². The van der Waals surface area contributed by atoms with Gasteiger partial charge in [-0.15, -0.1) is 0 Å². The molecule has 2 heterocycles. The van der Waals surface area contributed by atoms with Crippen molar-refractivity contribution >= 4 is 5.96 Å². The number of hydrogen-bond acceptors (Lipinski definition) is 2. The lowest BCUT2D eigenvalue weighted by Gasteiger charge is -2.35. The van der Waals surface area contributed by atoms with Crippen molar-refractivity contribution in [1.82, 2.24) is 10.2 Å². The fourth-order valence-corrected chi connectivity index (χ4v) is 3.38. The Bertz CT molecular complexity index is 297. The van der Waals surface area contributed by atoms with E-state index in [4.69, 9.17) is 5.73 Å². The summed E-state index contributed by atoms with van der Waals surface area (Å²) in [4.78, 5) is 7.09.